The van der Waals surface area contributed by atoms with Crippen LogP contribution in [-0.4, -0.2) is 53.2 Å². The number of halogens is 3. The SMILES string of the molecule is N=C(N[C@H]1N=C(c2ccccc2)c2ccccc2NC1=O)OC(=N)c1nc(C(F)(F)F)sc1N[C@H]1CNC(=O)C1. The van der Waals surface area contributed by atoms with Gasteiger partial charge in [-0.25, -0.2) is 9.98 Å². The number of aliphatic imine (C=N–C) groups is 1. The largest absolute Gasteiger partial charge is 0.443 e. The number of aromatic nitrogens is 1. The van der Waals surface area contributed by atoms with Gasteiger partial charge in [0, 0.05) is 24.1 Å². The van der Waals surface area contributed by atoms with Crippen molar-refractivity contribution in [2.75, 3.05) is 17.2 Å². The summed E-state index contributed by atoms with van der Waals surface area (Å²) in [5, 5.41) is 25.6. The molecule has 40 heavy (non-hydrogen) atoms. The lowest BCUT2D eigenvalue weighted by atomic mass is 10.0. The van der Waals surface area contributed by atoms with Crippen molar-refractivity contribution in [1.82, 2.24) is 15.6 Å². The highest BCUT2D eigenvalue weighted by Gasteiger charge is 2.38. The Balaban J connectivity index is 1.37. The molecular formula is C25H21F3N8O3S. The summed E-state index contributed by atoms with van der Waals surface area (Å²) >= 11 is 0.256. The quantitative estimate of drug-likeness (QED) is 0.204. The molecule has 0 unspecified atom stereocenters. The average Bonchev–Trinajstić information content (AvgIpc) is 3.50. The number of carbonyl (C=O) groups excluding carboxylic acids is 2. The van der Waals surface area contributed by atoms with Gasteiger partial charge < -0.3 is 26.0 Å². The first-order valence-corrected chi connectivity index (χ1v) is 12.7. The zero-order valence-electron chi connectivity index (χ0n) is 20.4. The third-order valence-corrected chi connectivity index (χ3v) is 6.89. The zero-order chi connectivity index (χ0) is 28.4. The Morgan fingerprint density at radius 3 is 2.50 bits per heavy atom. The fourth-order valence-electron chi connectivity index (χ4n) is 4.07. The first-order valence-electron chi connectivity index (χ1n) is 11.8. The number of ether oxygens (including phenoxy) is 1. The normalized spacial score (nSPS) is 18.5. The van der Waals surface area contributed by atoms with Gasteiger partial charge in [0.15, 0.2) is 5.69 Å². The van der Waals surface area contributed by atoms with Crippen molar-refractivity contribution in [3.05, 3.63) is 76.4 Å². The number of rotatable bonds is 5. The van der Waals surface area contributed by atoms with Gasteiger partial charge in [-0.15, -0.1) is 0 Å². The van der Waals surface area contributed by atoms with Crippen molar-refractivity contribution in [2.45, 2.75) is 24.8 Å². The number of nitrogens with zero attached hydrogens (tertiary/aromatic N) is 2. The van der Waals surface area contributed by atoms with Crippen molar-refractivity contribution in [3.63, 3.8) is 0 Å². The summed E-state index contributed by atoms with van der Waals surface area (Å²) in [5.74, 6) is -1.75. The summed E-state index contributed by atoms with van der Waals surface area (Å²) in [5.41, 5.74) is 1.81. The lowest BCUT2D eigenvalue weighted by Gasteiger charge is -2.16. The molecule has 1 saturated heterocycles. The first kappa shape index (κ1) is 26.8. The summed E-state index contributed by atoms with van der Waals surface area (Å²) in [7, 11) is 0. The van der Waals surface area contributed by atoms with Crippen LogP contribution in [0, 0.1) is 10.8 Å². The maximum atomic E-state index is 13.4. The van der Waals surface area contributed by atoms with Crippen LogP contribution in [-0.2, 0) is 20.5 Å². The molecule has 0 spiro atoms. The molecule has 11 nitrogen and oxygen atoms in total. The van der Waals surface area contributed by atoms with Crippen LogP contribution in [0.5, 0.6) is 0 Å². The monoisotopic (exact) mass is 570 g/mol. The summed E-state index contributed by atoms with van der Waals surface area (Å²) in [6.45, 7) is 0.185. The minimum atomic E-state index is -4.79. The van der Waals surface area contributed by atoms with Crippen LogP contribution in [0.2, 0.25) is 0 Å². The molecule has 0 aliphatic carbocycles. The number of nitrogens with one attached hydrogen (secondary N) is 6. The van der Waals surface area contributed by atoms with Crippen LogP contribution in [0.3, 0.4) is 0 Å². The van der Waals surface area contributed by atoms with Gasteiger partial charge in [-0.05, 0) is 6.07 Å². The van der Waals surface area contributed by atoms with Crippen molar-refractivity contribution >= 4 is 51.5 Å². The average molecular weight is 571 g/mol. The number of fused-ring (bicyclic) bond motifs is 1. The minimum absolute atomic E-state index is 0.0329. The Labute approximate surface area is 228 Å². The van der Waals surface area contributed by atoms with E-state index in [4.69, 9.17) is 15.6 Å². The highest BCUT2D eigenvalue weighted by molar-refractivity contribution is 7.16. The van der Waals surface area contributed by atoms with Crippen molar-refractivity contribution in [2.24, 2.45) is 4.99 Å². The van der Waals surface area contributed by atoms with E-state index in [0.29, 0.717) is 22.5 Å². The van der Waals surface area contributed by atoms with E-state index in [9.17, 15) is 22.8 Å². The van der Waals surface area contributed by atoms with E-state index in [1.807, 2.05) is 30.3 Å². The van der Waals surface area contributed by atoms with Gasteiger partial charge in [-0.2, -0.15) is 13.2 Å². The Morgan fingerprint density at radius 2 is 1.80 bits per heavy atom. The third kappa shape index (κ3) is 5.78. The molecule has 206 valence electrons. The molecule has 2 atom stereocenters. The molecule has 6 N–H and O–H groups in total. The molecular weight excluding hydrogens is 549 g/mol. The Hall–Kier alpha value is -4.79. The number of carbonyl (C=O) groups is 2. The van der Waals surface area contributed by atoms with E-state index in [2.05, 4.69) is 31.2 Å². The molecule has 2 aliphatic heterocycles. The summed E-state index contributed by atoms with van der Waals surface area (Å²) in [6.07, 6.45) is -6.12. The molecule has 1 aromatic heterocycles. The van der Waals surface area contributed by atoms with E-state index in [-0.39, 0.29) is 35.2 Å². The van der Waals surface area contributed by atoms with E-state index in [0.717, 1.165) is 0 Å². The fraction of sp³-hybridized carbons (Fsp3) is 0.200. The van der Waals surface area contributed by atoms with Gasteiger partial charge in [-0.3, -0.25) is 20.4 Å². The van der Waals surface area contributed by atoms with Gasteiger partial charge in [0.1, 0.15) is 5.00 Å². The maximum absolute atomic E-state index is 13.4. The Kier molecular flexibility index (Phi) is 7.21. The van der Waals surface area contributed by atoms with Gasteiger partial charge in [0.2, 0.25) is 23.0 Å². The second-order valence-corrected chi connectivity index (χ2v) is 9.73. The molecule has 5 rings (SSSR count). The molecule has 2 aliphatic rings. The van der Waals surface area contributed by atoms with E-state index < -0.39 is 46.9 Å². The summed E-state index contributed by atoms with van der Waals surface area (Å²) in [6, 6.07) is 14.8. The lowest BCUT2D eigenvalue weighted by molar-refractivity contribution is -0.137. The number of amidine groups is 1. The van der Waals surface area contributed by atoms with Gasteiger partial charge >= 0.3 is 6.18 Å². The maximum Gasteiger partial charge on any atom is 0.443 e. The van der Waals surface area contributed by atoms with Crippen LogP contribution < -0.4 is 21.3 Å². The van der Waals surface area contributed by atoms with Gasteiger partial charge in [-0.1, -0.05) is 59.9 Å². The number of amides is 2. The number of alkyl halides is 3. The second kappa shape index (κ2) is 10.8. The van der Waals surface area contributed by atoms with Gasteiger partial charge in [0.25, 0.3) is 11.9 Å². The van der Waals surface area contributed by atoms with Crippen LogP contribution in [0.15, 0.2) is 59.6 Å². The number of para-hydroxylation sites is 1. The molecule has 3 heterocycles. The van der Waals surface area contributed by atoms with Gasteiger partial charge in [0.05, 0.1) is 17.4 Å². The van der Waals surface area contributed by atoms with E-state index >= 15 is 0 Å². The van der Waals surface area contributed by atoms with E-state index in [1.165, 1.54) is 0 Å². The van der Waals surface area contributed by atoms with E-state index in [1.54, 1.807) is 24.3 Å². The predicted octanol–water partition coefficient (Wildman–Crippen LogP) is 3.14. The standard InChI is InChI=1S/C25H21F3N8O3S/c26-25(27,28)23-35-18(22(40-23)32-13-10-16(37)31-11-13)19(29)39-24(30)36-20-21(38)33-15-9-5-4-8-14(15)17(34-20)12-6-2-1-3-7-12/h1-9,13,20,29,32H,10-11H2,(H2,30,36)(H,31,37)(H,33,38)/t13-,20-/m1/s1. The molecule has 0 bridgehead atoms. The first-order chi connectivity index (χ1) is 19.1. The third-order valence-electron chi connectivity index (χ3n) is 5.86. The van der Waals surface area contributed by atoms with Crippen LogP contribution in [0.4, 0.5) is 23.9 Å². The number of hydrogen-bond donors (Lipinski definition) is 6. The van der Waals surface area contributed by atoms with Crippen molar-refractivity contribution < 1.29 is 27.5 Å². The lowest BCUT2D eigenvalue weighted by Crippen LogP contribution is -2.43. The molecule has 2 aromatic carbocycles. The van der Waals surface area contributed by atoms with Crippen molar-refractivity contribution in [3.8, 4) is 0 Å². The smallest absolute Gasteiger partial charge is 0.405 e. The highest BCUT2D eigenvalue weighted by Crippen LogP contribution is 2.37. The summed E-state index contributed by atoms with van der Waals surface area (Å²) in [4.78, 5) is 32.5. The molecule has 15 heteroatoms. The predicted molar refractivity (Wildman–Crippen MR) is 142 cm³/mol. The van der Waals surface area contributed by atoms with Crippen LogP contribution in [0.1, 0.15) is 28.2 Å². The Bertz CT molecular complexity index is 1520. The second-order valence-electron chi connectivity index (χ2n) is 8.73. The molecule has 2 amide bonds. The number of benzene rings is 2. The van der Waals surface area contributed by atoms with Crippen molar-refractivity contribution in [1.29, 1.82) is 10.8 Å². The van der Waals surface area contributed by atoms with Crippen LogP contribution in [0.25, 0.3) is 0 Å². The number of anilines is 2. The number of hydrogen-bond acceptors (Lipinski definition) is 9. The molecule has 3 aromatic rings. The topological polar surface area (TPSA) is 164 Å². The molecule has 1 fully saturated rings. The molecule has 0 radical (unpaired) electrons. The zero-order valence-corrected chi connectivity index (χ0v) is 21.2. The fourth-order valence-corrected chi connectivity index (χ4v) is 4.98. The summed E-state index contributed by atoms with van der Waals surface area (Å²) < 4.78 is 45.3. The number of thiazole rings is 1. The molecule has 0 saturated carbocycles. The minimum Gasteiger partial charge on any atom is -0.405 e. The van der Waals surface area contributed by atoms with Crippen LogP contribution >= 0.6 is 11.3 Å². The Morgan fingerprint density at radius 1 is 1.07 bits per heavy atom. The highest BCUT2D eigenvalue weighted by atomic mass is 32.1. The number of benzodiazepines with no additional fused rings is 1.